The van der Waals surface area contributed by atoms with Crippen molar-refractivity contribution in [3.63, 3.8) is 0 Å². The van der Waals surface area contributed by atoms with E-state index < -0.39 is 9.84 Å². The van der Waals surface area contributed by atoms with Crippen LogP contribution in [0.5, 0.6) is 0 Å². The Bertz CT molecular complexity index is 539. The molecule has 1 aromatic carbocycles. The molecule has 1 N–H and O–H groups in total. The van der Waals surface area contributed by atoms with Crippen molar-refractivity contribution >= 4 is 15.5 Å². The Morgan fingerprint density at radius 3 is 2.53 bits per heavy atom. The highest BCUT2D eigenvalue weighted by Gasteiger charge is 2.24. The van der Waals surface area contributed by atoms with Gasteiger partial charge in [-0.2, -0.15) is 0 Å². The van der Waals surface area contributed by atoms with Crippen LogP contribution in [0.15, 0.2) is 29.2 Å². The Labute approximate surface area is 116 Å². The van der Waals surface area contributed by atoms with Gasteiger partial charge in [-0.1, -0.05) is 19.9 Å². The lowest BCUT2D eigenvalue weighted by atomic mass is 9.79. The number of nitrogens with one attached hydrogen (secondary N) is 1. The molecule has 0 spiro atoms. The molecule has 0 amide bonds. The summed E-state index contributed by atoms with van der Waals surface area (Å²) in [5.74, 6) is 1.52. The third kappa shape index (κ3) is 3.72. The SMILES string of the molecule is CC1CCC(Nc2cccc(S(C)(=O)=O)c2)CC1C. The highest BCUT2D eigenvalue weighted by atomic mass is 32.2. The van der Waals surface area contributed by atoms with Crippen molar-refractivity contribution in [2.75, 3.05) is 11.6 Å². The molecule has 1 aromatic rings. The van der Waals surface area contributed by atoms with Gasteiger partial charge >= 0.3 is 0 Å². The second kappa shape index (κ2) is 5.53. The Hall–Kier alpha value is -1.03. The molecule has 1 fully saturated rings. The van der Waals surface area contributed by atoms with E-state index in [1.807, 2.05) is 6.07 Å². The lowest BCUT2D eigenvalue weighted by Gasteiger charge is -2.33. The molecule has 0 aromatic heterocycles. The molecule has 19 heavy (non-hydrogen) atoms. The smallest absolute Gasteiger partial charge is 0.175 e. The summed E-state index contributed by atoms with van der Waals surface area (Å²) in [6.07, 6.45) is 4.81. The molecule has 4 heteroatoms. The van der Waals surface area contributed by atoms with Gasteiger partial charge in [0.15, 0.2) is 9.84 Å². The Morgan fingerprint density at radius 1 is 1.16 bits per heavy atom. The van der Waals surface area contributed by atoms with E-state index in [1.165, 1.54) is 12.7 Å². The van der Waals surface area contributed by atoms with E-state index in [9.17, 15) is 8.42 Å². The average molecular weight is 281 g/mol. The second-order valence-corrected chi connectivity index (χ2v) is 7.92. The molecule has 1 aliphatic rings. The topological polar surface area (TPSA) is 46.2 Å². The van der Waals surface area contributed by atoms with Crippen molar-refractivity contribution in [1.29, 1.82) is 0 Å². The maximum atomic E-state index is 11.5. The first kappa shape index (κ1) is 14.4. The number of sulfone groups is 1. The van der Waals surface area contributed by atoms with Crippen molar-refractivity contribution < 1.29 is 8.42 Å². The number of hydrogen-bond acceptors (Lipinski definition) is 3. The van der Waals surface area contributed by atoms with Crippen LogP contribution >= 0.6 is 0 Å². The summed E-state index contributed by atoms with van der Waals surface area (Å²) in [6.45, 7) is 4.61. The molecular weight excluding hydrogens is 258 g/mol. The quantitative estimate of drug-likeness (QED) is 0.924. The highest BCUT2D eigenvalue weighted by molar-refractivity contribution is 7.90. The van der Waals surface area contributed by atoms with Crippen LogP contribution in [-0.4, -0.2) is 20.7 Å². The van der Waals surface area contributed by atoms with Gasteiger partial charge in [0.2, 0.25) is 0 Å². The van der Waals surface area contributed by atoms with E-state index in [1.54, 1.807) is 18.2 Å². The molecule has 0 bridgehead atoms. The fourth-order valence-corrected chi connectivity index (χ4v) is 3.40. The largest absolute Gasteiger partial charge is 0.382 e. The van der Waals surface area contributed by atoms with E-state index in [4.69, 9.17) is 0 Å². The summed E-state index contributed by atoms with van der Waals surface area (Å²) in [4.78, 5) is 0.384. The minimum atomic E-state index is -3.13. The zero-order valence-corrected chi connectivity index (χ0v) is 12.7. The zero-order valence-electron chi connectivity index (χ0n) is 11.9. The molecule has 106 valence electrons. The summed E-state index contributed by atoms with van der Waals surface area (Å²) in [5.41, 5.74) is 0.912. The van der Waals surface area contributed by atoms with Crippen LogP contribution in [0.4, 0.5) is 5.69 Å². The van der Waals surface area contributed by atoms with Crippen LogP contribution in [0.3, 0.4) is 0 Å². The van der Waals surface area contributed by atoms with E-state index in [0.717, 1.165) is 30.4 Å². The molecule has 2 rings (SSSR count). The standard InChI is InChI=1S/C15H23NO2S/c1-11-7-8-14(9-12(11)2)16-13-5-4-6-15(10-13)19(3,17)18/h4-6,10-12,14,16H,7-9H2,1-3H3. The van der Waals surface area contributed by atoms with Crippen LogP contribution in [0.25, 0.3) is 0 Å². The third-order valence-corrected chi connectivity index (χ3v) is 5.34. The van der Waals surface area contributed by atoms with Crippen LogP contribution in [-0.2, 0) is 9.84 Å². The predicted octanol–water partition coefficient (Wildman–Crippen LogP) is 3.33. The van der Waals surface area contributed by atoms with Crippen molar-refractivity contribution in [3.05, 3.63) is 24.3 Å². The fourth-order valence-electron chi connectivity index (χ4n) is 2.73. The summed E-state index contributed by atoms with van der Waals surface area (Å²) < 4.78 is 23.1. The van der Waals surface area contributed by atoms with Gasteiger partial charge in [-0.3, -0.25) is 0 Å². The summed E-state index contributed by atoms with van der Waals surface area (Å²) in [5, 5.41) is 3.48. The minimum absolute atomic E-state index is 0.384. The fraction of sp³-hybridized carbons (Fsp3) is 0.600. The Balaban J connectivity index is 2.08. The number of benzene rings is 1. The van der Waals surface area contributed by atoms with Gasteiger partial charge in [-0.25, -0.2) is 8.42 Å². The Morgan fingerprint density at radius 2 is 1.89 bits per heavy atom. The van der Waals surface area contributed by atoms with Crippen LogP contribution < -0.4 is 5.32 Å². The van der Waals surface area contributed by atoms with Gasteiger partial charge in [0.05, 0.1) is 4.90 Å². The molecule has 3 unspecified atom stereocenters. The van der Waals surface area contributed by atoms with Crippen molar-refractivity contribution in [3.8, 4) is 0 Å². The lowest BCUT2D eigenvalue weighted by molar-refractivity contribution is 0.261. The number of rotatable bonds is 3. The summed E-state index contributed by atoms with van der Waals surface area (Å²) in [6, 6.07) is 7.58. The van der Waals surface area contributed by atoms with Crippen molar-refractivity contribution in [1.82, 2.24) is 0 Å². The first-order chi connectivity index (χ1) is 8.86. The molecule has 0 heterocycles. The molecular formula is C15H23NO2S. The maximum Gasteiger partial charge on any atom is 0.175 e. The number of anilines is 1. The van der Waals surface area contributed by atoms with Gasteiger partial charge in [0.25, 0.3) is 0 Å². The molecule has 0 radical (unpaired) electrons. The van der Waals surface area contributed by atoms with E-state index >= 15 is 0 Å². The first-order valence-corrected chi connectivity index (χ1v) is 8.82. The summed E-state index contributed by atoms with van der Waals surface area (Å²) >= 11 is 0. The maximum absolute atomic E-state index is 11.5. The van der Waals surface area contributed by atoms with Crippen LogP contribution in [0.2, 0.25) is 0 Å². The van der Waals surface area contributed by atoms with Gasteiger partial charge < -0.3 is 5.32 Å². The minimum Gasteiger partial charge on any atom is -0.382 e. The molecule has 1 saturated carbocycles. The lowest BCUT2D eigenvalue weighted by Crippen LogP contribution is -2.30. The van der Waals surface area contributed by atoms with E-state index in [-0.39, 0.29) is 0 Å². The Kier molecular flexibility index (Phi) is 4.19. The van der Waals surface area contributed by atoms with Gasteiger partial charge in [0, 0.05) is 18.0 Å². The molecule has 0 aliphatic heterocycles. The van der Waals surface area contributed by atoms with E-state index in [0.29, 0.717) is 10.9 Å². The van der Waals surface area contributed by atoms with Crippen LogP contribution in [0, 0.1) is 11.8 Å². The van der Waals surface area contributed by atoms with Crippen molar-refractivity contribution in [2.45, 2.75) is 44.0 Å². The molecule has 3 nitrogen and oxygen atoms in total. The highest BCUT2D eigenvalue weighted by Crippen LogP contribution is 2.31. The molecule has 1 aliphatic carbocycles. The predicted molar refractivity (Wildman–Crippen MR) is 79.1 cm³/mol. The number of hydrogen-bond donors (Lipinski definition) is 1. The van der Waals surface area contributed by atoms with Crippen molar-refractivity contribution in [2.24, 2.45) is 11.8 Å². The second-order valence-electron chi connectivity index (χ2n) is 5.91. The van der Waals surface area contributed by atoms with Gasteiger partial charge in [0.1, 0.15) is 0 Å². The monoisotopic (exact) mass is 281 g/mol. The van der Waals surface area contributed by atoms with Gasteiger partial charge in [-0.15, -0.1) is 0 Å². The molecule has 3 atom stereocenters. The van der Waals surface area contributed by atoms with Crippen LogP contribution in [0.1, 0.15) is 33.1 Å². The zero-order chi connectivity index (χ0) is 14.0. The molecule has 0 saturated heterocycles. The normalized spacial score (nSPS) is 28.1. The third-order valence-electron chi connectivity index (χ3n) is 4.23. The first-order valence-electron chi connectivity index (χ1n) is 6.93. The van der Waals surface area contributed by atoms with E-state index in [2.05, 4.69) is 19.2 Å². The van der Waals surface area contributed by atoms with Gasteiger partial charge in [-0.05, 0) is 49.3 Å². The average Bonchev–Trinajstić information content (AvgIpc) is 2.33. The summed E-state index contributed by atoms with van der Waals surface area (Å²) in [7, 11) is -3.13.